The third-order valence-corrected chi connectivity index (χ3v) is 3.90. The molecular weight excluding hydrogens is 250 g/mol. The smallest absolute Gasteiger partial charge is 0.126 e. The van der Waals surface area contributed by atoms with Gasteiger partial charge in [-0.3, -0.25) is 0 Å². The molecule has 2 heterocycles. The molecule has 0 spiro atoms. The van der Waals surface area contributed by atoms with E-state index in [1.165, 1.54) is 19.3 Å². The Labute approximate surface area is 122 Å². The Hall–Kier alpha value is -1.13. The van der Waals surface area contributed by atoms with Crippen molar-refractivity contribution in [1.82, 2.24) is 10.3 Å². The molecule has 4 heteroatoms. The van der Waals surface area contributed by atoms with Crippen LogP contribution in [0.3, 0.4) is 0 Å². The van der Waals surface area contributed by atoms with E-state index in [4.69, 9.17) is 10.5 Å². The molecule has 0 amide bonds. The van der Waals surface area contributed by atoms with Gasteiger partial charge in [0.1, 0.15) is 5.82 Å². The van der Waals surface area contributed by atoms with Crippen LogP contribution in [0.1, 0.15) is 44.6 Å². The molecule has 1 fully saturated rings. The summed E-state index contributed by atoms with van der Waals surface area (Å²) in [5.74, 6) is 0.653. The van der Waals surface area contributed by atoms with E-state index in [-0.39, 0.29) is 0 Å². The number of nitrogen functional groups attached to an aromatic ring is 1. The number of hydrogen-bond acceptors (Lipinski definition) is 4. The summed E-state index contributed by atoms with van der Waals surface area (Å²) in [5, 5.41) is 3.63. The molecule has 0 radical (unpaired) electrons. The normalized spacial score (nSPS) is 20.8. The third kappa shape index (κ3) is 4.76. The average molecular weight is 277 g/mol. The molecule has 3 N–H and O–H groups in total. The quantitative estimate of drug-likeness (QED) is 0.804. The first kappa shape index (κ1) is 15.3. The Bertz CT molecular complexity index is 391. The minimum absolute atomic E-state index is 0.399. The minimum Gasteiger partial charge on any atom is -0.383 e. The second-order valence-electron chi connectivity index (χ2n) is 5.63. The van der Waals surface area contributed by atoms with Crippen LogP contribution in [-0.4, -0.2) is 30.3 Å². The van der Waals surface area contributed by atoms with E-state index in [0.29, 0.717) is 18.0 Å². The lowest BCUT2D eigenvalue weighted by molar-refractivity contribution is 0.00527. The van der Waals surface area contributed by atoms with E-state index in [0.717, 1.165) is 38.0 Å². The fraction of sp³-hybridized carbons (Fsp3) is 0.688. The van der Waals surface area contributed by atoms with E-state index in [2.05, 4.69) is 23.3 Å². The fourth-order valence-electron chi connectivity index (χ4n) is 2.79. The number of nitrogens with one attached hydrogen (secondary N) is 1. The average Bonchev–Trinajstić information content (AvgIpc) is 2.48. The van der Waals surface area contributed by atoms with Gasteiger partial charge in [0, 0.05) is 18.8 Å². The van der Waals surface area contributed by atoms with Crippen molar-refractivity contribution in [1.29, 1.82) is 0 Å². The van der Waals surface area contributed by atoms with Gasteiger partial charge < -0.3 is 15.8 Å². The molecule has 0 bridgehead atoms. The highest BCUT2D eigenvalue weighted by atomic mass is 16.5. The highest BCUT2D eigenvalue weighted by molar-refractivity contribution is 5.38. The van der Waals surface area contributed by atoms with Crippen LogP contribution in [0.2, 0.25) is 0 Å². The van der Waals surface area contributed by atoms with Crippen LogP contribution in [-0.2, 0) is 11.2 Å². The van der Waals surface area contributed by atoms with Crippen molar-refractivity contribution in [3.8, 4) is 0 Å². The van der Waals surface area contributed by atoms with Crippen LogP contribution >= 0.6 is 0 Å². The summed E-state index contributed by atoms with van der Waals surface area (Å²) in [6.07, 6.45) is 8.97. The Kier molecular flexibility index (Phi) is 6.27. The Balaban J connectivity index is 1.93. The number of aromatic nitrogens is 1. The summed E-state index contributed by atoms with van der Waals surface area (Å²) >= 11 is 0. The minimum atomic E-state index is 0.399. The maximum atomic E-state index is 5.96. The van der Waals surface area contributed by atoms with Gasteiger partial charge in [-0.2, -0.15) is 0 Å². The standard InChI is InChI=1S/C16H27N3O/c1-2-8-18-14(12-15-7-3-4-10-20-15)11-13-6-5-9-19-16(13)17/h5-6,9,14-15,18H,2-4,7-8,10-12H2,1H3,(H2,17,19). The second kappa shape index (κ2) is 8.22. The number of ether oxygens (including phenoxy) is 1. The molecule has 1 aromatic rings. The van der Waals surface area contributed by atoms with Gasteiger partial charge in [-0.05, 0) is 56.7 Å². The zero-order valence-corrected chi connectivity index (χ0v) is 12.5. The summed E-state index contributed by atoms with van der Waals surface area (Å²) in [6.45, 7) is 4.15. The van der Waals surface area contributed by atoms with Gasteiger partial charge in [0.25, 0.3) is 0 Å². The maximum Gasteiger partial charge on any atom is 0.126 e. The highest BCUT2D eigenvalue weighted by Gasteiger charge is 2.20. The molecule has 112 valence electrons. The first-order valence-electron chi connectivity index (χ1n) is 7.84. The molecule has 0 aromatic carbocycles. The topological polar surface area (TPSA) is 60.2 Å². The highest BCUT2D eigenvalue weighted by Crippen LogP contribution is 2.20. The first-order chi connectivity index (χ1) is 9.79. The molecule has 4 nitrogen and oxygen atoms in total. The van der Waals surface area contributed by atoms with E-state index in [1.54, 1.807) is 6.20 Å². The Morgan fingerprint density at radius 3 is 3.10 bits per heavy atom. The zero-order valence-electron chi connectivity index (χ0n) is 12.5. The van der Waals surface area contributed by atoms with Crippen LogP contribution < -0.4 is 11.1 Å². The SMILES string of the molecule is CCCNC(Cc1cccnc1N)CC1CCCCO1. The van der Waals surface area contributed by atoms with Crippen molar-refractivity contribution >= 4 is 5.82 Å². The molecule has 2 rings (SSSR count). The number of rotatable bonds is 7. The summed E-state index contributed by atoms with van der Waals surface area (Å²) < 4.78 is 5.87. The Morgan fingerprint density at radius 2 is 2.40 bits per heavy atom. The third-order valence-electron chi connectivity index (χ3n) is 3.90. The first-order valence-corrected chi connectivity index (χ1v) is 7.84. The van der Waals surface area contributed by atoms with Gasteiger partial charge in [-0.25, -0.2) is 4.98 Å². The molecule has 1 aromatic heterocycles. The number of nitrogens with zero attached hydrogens (tertiary/aromatic N) is 1. The van der Waals surface area contributed by atoms with E-state index in [9.17, 15) is 0 Å². The summed E-state index contributed by atoms with van der Waals surface area (Å²) in [7, 11) is 0. The van der Waals surface area contributed by atoms with Gasteiger partial charge in [0.2, 0.25) is 0 Å². The van der Waals surface area contributed by atoms with Gasteiger partial charge in [-0.15, -0.1) is 0 Å². The van der Waals surface area contributed by atoms with Gasteiger partial charge >= 0.3 is 0 Å². The van der Waals surface area contributed by atoms with Crippen molar-refractivity contribution in [2.75, 3.05) is 18.9 Å². The molecule has 2 unspecified atom stereocenters. The lowest BCUT2D eigenvalue weighted by atomic mass is 9.97. The number of anilines is 1. The van der Waals surface area contributed by atoms with Crippen molar-refractivity contribution in [3.63, 3.8) is 0 Å². The van der Waals surface area contributed by atoms with Crippen LogP contribution in [0.15, 0.2) is 18.3 Å². The summed E-state index contributed by atoms with van der Waals surface area (Å²) in [4.78, 5) is 4.18. The molecule has 1 aliphatic rings. The predicted molar refractivity (Wildman–Crippen MR) is 82.6 cm³/mol. The van der Waals surface area contributed by atoms with Crippen molar-refractivity contribution in [2.45, 2.75) is 57.6 Å². The summed E-state index contributed by atoms with van der Waals surface area (Å²) in [5.41, 5.74) is 7.10. The van der Waals surface area contributed by atoms with Crippen molar-refractivity contribution in [2.24, 2.45) is 0 Å². The molecule has 2 atom stereocenters. The van der Waals surface area contributed by atoms with Crippen molar-refractivity contribution in [3.05, 3.63) is 23.9 Å². The zero-order chi connectivity index (χ0) is 14.2. The largest absolute Gasteiger partial charge is 0.383 e. The predicted octanol–water partition coefficient (Wildman–Crippen LogP) is 2.53. The van der Waals surface area contributed by atoms with Gasteiger partial charge in [0.15, 0.2) is 0 Å². The van der Waals surface area contributed by atoms with E-state index >= 15 is 0 Å². The van der Waals surface area contributed by atoms with Crippen molar-refractivity contribution < 1.29 is 4.74 Å². The maximum absolute atomic E-state index is 5.96. The number of hydrogen-bond donors (Lipinski definition) is 2. The van der Waals surface area contributed by atoms with Crippen LogP contribution in [0.5, 0.6) is 0 Å². The van der Waals surface area contributed by atoms with Crippen LogP contribution in [0.4, 0.5) is 5.82 Å². The van der Waals surface area contributed by atoms with E-state index < -0.39 is 0 Å². The number of pyridine rings is 1. The lowest BCUT2D eigenvalue weighted by Gasteiger charge is -2.28. The molecular formula is C16H27N3O. The molecule has 0 saturated carbocycles. The van der Waals surface area contributed by atoms with Gasteiger partial charge in [-0.1, -0.05) is 13.0 Å². The summed E-state index contributed by atoms with van der Waals surface area (Å²) in [6, 6.07) is 4.45. The number of nitrogens with two attached hydrogens (primary N) is 1. The Morgan fingerprint density at radius 1 is 1.50 bits per heavy atom. The van der Waals surface area contributed by atoms with Gasteiger partial charge in [0.05, 0.1) is 6.10 Å². The lowest BCUT2D eigenvalue weighted by Crippen LogP contribution is -2.37. The molecule has 0 aliphatic carbocycles. The fourth-order valence-corrected chi connectivity index (χ4v) is 2.79. The monoisotopic (exact) mass is 277 g/mol. The molecule has 1 aliphatic heterocycles. The second-order valence-corrected chi connectivity index (χ2v) is 5.63. The molecule has 20 heavy (non-hydrogen) atoms. The molecule has 1 saturated heterocycles. The van der Waals surface area contributed by atoms with Crippen LogP contribution in [0.25, 0.3) is 0 Å². The van der Waals surface area contributed by atoms with Crippen LogP contribution in [0, 0.1) is 0 Å². The van der Waals surface area contributed by atoms with E-state index in [1.807, 2.05) is 6.07 Å².